The lowest BCUT2D eigenvalue weighted by molar-refractivity contribution is -0.133. The maximum absolute atomic E-state index is 12.3. The van der Waals surface area contributed by atoms with Crippen LogP contribution in [0.1, 0.15) is 25.6 Å². The predicted octanol–water partition coefficient (Wildman–Crippen LogP) is 3.88. The molecule has 0 saturated heterocycles. The first kappa shape index (κ1) is 23.0. The molecule has 0 spiro atoms. The molecule has 0 unspecified atom stereocenters. The number of carbonyl (C=O) groups is 3. The van der Waals surface area contributed by atoms with Gasteiger partial charge >= 0.3 is 5.97 Å². The first-order valence-corrected chi connectivity index (χ1v) is 10.8. The van der Waals surface area contributed by atoms with Crippen molar-refractivity contribution in [2.45, 2.75) is 6.54 Å². The Balaban J connectivity index is 1.47. The number of esters is 1. The molecule has 0 saturated carbocycles. The van der Waals surface area contributed by atoms with Crippen LogP contribution in [0.4, 0.5) is 11.4 Å². The molecular formula is C24H25N3O4S. The van der Waals surface area contributed by atoms with Gasteiger partial charge in [-0.15, -0.1) is 11.3 Å². The second-order valence-electron chi connectivity index (χ2n) is 7.40. The third kappa shape index (κ3) is 6.18. The molecule has 0 aliphatic carbocycles. The van der Waals surface area contributed by atoms with Crippen LogP contribution in [0, 0.1) is 0 Å². The van der Waals surface area contributed by atoms with Crippen LogP contribution in [-0.4, -0.2) is 50.4 Å². The van der Waals surface area contributed by atoms with Gasteiger partial charge in [0.1, 0.15) is 0 Å². The topological polar surface area (TPSA) is 79.0 Å². The van der Waals surface area contributed by atoms with Crippen molar-refractivity contribution in [2.24, 2.45) is 0 Å². The van der Waals surface area contributed by atoms with E-state index in [1.165, 1.54) is 16.2 Å². The lowest BCUT2D eigenvalue weighted by Gasteiger charge is -2.18. The summed E-state index contributed by atoms with van der Waals surface area (Å²) >= 11 is 1.35. The highest BCUT2D eigenvalue weighted by atomic mass is 32.1. The van der Waals surface area contributed by atoms with Gasteiger partial charge in [-0.05, 0) is 53.4 Å². The Morgan fingerprint density at radius 2 is 1.62 bits per heavy atom. The largest absolute Gasteiger partial charge is 0.452 e. The van der Waals surface area contributed by atoms with E-state index < -0.39 is 5.97 Å². The second-order valence-corrected chi connectivity index (χ2v) is 8.34. The standard InChI is InChI=1S/C24H25N3O4S/c1-26(2)20-12-6-17(7-13-20)15-27(3)22(28)16-31-24(30)18-8-10-19(11-9-18)25-23(29)21-5-4-14-32-21/h4-14H,15-16H2,1-3H3,(H,25,29). The minimum absolute atomic E-state index is 0.208. The van der Waals surface area contributed by atoms with Crippen LogP contribution >= 0.6 is 11.3 Å². The number of hydrogen-bond donors (Lipinski definition) is 1. The van der Waals surface area contributed by atoms with E-state index in [9.17, 15) is 14.4 Å². The lowest BCUT2D eigenvalue weighted by Crippen LogP contribution is -2.30. The summed E-state index contributed by atoms with van der Waals surface area (Å²) in [7, 11) is 5.60. The van der Waals surface area contributed by atoms with E-state index in [2.05, 4.69) is 5.32 Å². The van der Waals surface area contributed by atoms with Gasteiger partial charge < -0.3 is 19.9 Å². The molecule has 2 aromatic carbocycles. The van der Waals surface area contributed by atoms with Crippen LogP contribution in [0.5, 0.6) is 0 Å². The number of likely N-dealkylation sites (N-methyl/N-ethyl adjacent to an activating group) is 1. The fourth-order valence-corrected chi connectivity index (χ4v) is 3.49. The summed E-state index contributed by atoms with van der Waals surface area (Å²) in [5, 5.41) is 4.59. The summed E-state index contributed by atoms with van der Waals surface area (Å²) in [5.74, 6) is -1.10. The van der Waals surface area contributed by atoms with Crippen molar-refractivity contribution in [1.29, 1.82) is 0 Å². The predicted molar refractivity (Wildman–Crippen MR) is 126 cm³/mol. The van der Waals surface area contributed by atoms with Crippen molar-refractivity contribution in [3.05, 3.63) is 82.0 Å². The number of carbonyl (C=O) groups excluding carboxylic acids is 3. The van der Waals surface area contributed by atoms with Crippen LogP contribution < -0.4 is 10.2 Å². The van der Waals surface area contributed by atoms with Crippen LogP contribution in [0.25, 0.3) is 0 Å². The number of amides is 2. The summed E-state index contributed by atoms with van der Waals surface area (Å²) in [6.07, 6.45) is 0. The van der Waals surface area contributed by atoms with Gasteiger partial charge in [0.15, 0.2) is 6.61 Å². The van der Waals surface area contributed by atoms with Gasteiger partial charge in [0.25, 0.3) is 11.8 Å². The number of ether oxygens (including phenoxy) is 1. The normalized spacial score (nSPS) is 10.3. The van der Waals surface area contributed by atoms with Crippen LogP contribution in [-0.2, 0) is 16.1 Å². The van der Waals surface area contributed by atoms with Gasteiger partial charge in [0.05, 0.1) is 10.4 Å². The van der Waals surface area contributed by atoms with E-state index in [1.807, 2.05) is 48.6 Å². The Bertz CT molecular complexity index is 1060. The molecule has 7 nitrogen and oxygen atoms in total. The fourth-order valence-electron chi connectivity index (χ4n) is 2.87. The smallest absolute Gasteiger partial charge is 0.338 e. The zero-order chi connectivity index (χ0) is 23.1. The number of rotatable bonds is 8. The SMILES string of the molecule is CN(Cc1ccc(N(C)C)cc1)C(=O)COC(=O)c1ccc(NC(=O)c2cccs2)cc1. The van der Waals surface area contributed by atoms with Crippen molar-refractivity contribution in [1.82, 2.24) is 4.90 Å². The number of anilines is 2. The lowest BCUT2D eigenvalue weighted by atomic mass is 10.2. The molecule has 0 aliphatic heterocycles. The molecule has 1 N–H and O–H groups in total. The van der Waals surface area contributed by atoms with Crippen molar-refractivity contribution in [2.75, 3.05) is 38.0 Å². The van der Waals surface area contributed by atoms with E-state index in [0.29, 0.717) is 22.7 Å². The molecule has 1 heterocycles. The maximum atomic E-state index is 12.3. The molecule has 0 radical (unpaired) electrons. The molecule has 0 aliphatic rings. The summed E-state index contributed by atoms with van der Waals surface area (Å²) in [5.41, 5.74) is 2.93. The third-order valence-electron chi connectivity index (χ3n) is 4.75. The van der Waals surface area contributed by atoms with Gasteiger partial charge in [-0.3, -0.25) is 9.59 Å². The number of nitrogens with zero attached hydrogens (tertiary/aromatic N) is 2. The Morgan fingerprint density at radius 1 is 0.938 bits per heavy atom. The molecule has 0 atom stereocenters. The minimum Gasteiger partial charge on any atom is -0.452 e. The van der Waals surface area contributed by atoms with Crippen molar-refractivity contribution < 1.29 is 19.1 Å². The average molecular weight is 452 g/mol. The molecule has 2 amide bonds. The van der Waals surface area contributed by atoms with Gasteiger partial charge in [0, 0.05) is 39.1 Å². The van der Waals surface area contributed by atoms with Crippen molar-refractivity contribution in [3.63, 3.8) is 0 Å². The molecule has 8 heteroatoms. The monoisotopic (exact) mass is 451 g/mol. The molecular weight excluding hydrogens is 426 g/mol. The van der Waals surface area contributed by atoms with E-state index in [1.54, 1.807) is 43.4 Å². The molecule has 3 rings (SSSR count). The van der Waals surface area contributed by atoms with Crippen LogP contribution in [0.2, 0.25) is 0 Å². The molecule has 3 aromatic rings. The number of thiophene rings is 1. The van der Waals surface area contributed by atoms with Gasteiger partial charge in [-0.1, -0.05) is 18.2 Å². The summed E-state index contributed by atoms with van der Waals surface area (Å²) in [6.45, 7) is 0.0741. The zero-order valence-corrected chi connectivity index (χ0v) is 19.0. The summed E-state index contributed by atoms with van der Waals surface area (Å²) < 4.78 is 5.16. The Labute approximate surface area is 191 Å². The first-order chi connectivity index (χ1) is 15.3. The number of benzene rings is 2. The van der Waals surface area contributed by atoms with E-state index in [-0.39, 0.29) is 18.4 Å². The highest BCUT2D eigenvalue weighted by molar-refractivity contribution is 7.12. The summed E-state index contributed by atoms with van der Waals surface area (Å²) in [6, 6.07) is 17.8. The van der Waals surface area contributed by atoms with Gasteiger partial charge in [-0.2, -0.15) is 0 Å². The van der Waals surface area contributed by atoms with Crippen molar-refractivity contribution in [3.8, 4) is 0 Å². The zero-order valence-electron chi connectivity index (χ0n) is 18.2. The first-order valence-electron chi connectivity index (χ1n) is 9.96. The summed E-state index contributed by atoms with van der Waals surface area (Å²) in [4.78, 5) is 40.8. The van der Waals surface area contributed by atoms with Crippen molar-refractivity contribution >= 4 is 40.5 Å². The van der Waals surface area contributed by atoms with Gasteiger partial charge in [0.2, 0.25) is 0 Å². The molecule has 166 valence electrons. The maximum Gasteiger partial charge on any atom is 0.338 e. The number of nitrogens with one attached hydrogen (secondary N) is 1. The minimum atomic E-state index is -0.599. The van der Waals surface area contributed by atoms with E-state index in [0.717, 1.165) is 11.3 Å². The van der Waals surface area contributed by atoms with Crippen LogP contribution in [0.3, 0.4) is 0 Å². The number of hydrogen-bond acceptors (Lipinski definition) is 6. The third-order valence-corrected chi connectivity index (χ3v) is 5.62. The molecule has 0 bridgehead atoms. The van der Waals surface area contributed by atoms with Crippen LogP contribution in [0.15, 0.2) is 66.0 Å². The van der Waals surface area contributed by atoms with E-state index in [4.69, 9.17) is 4.74 Å². The Morgan fingerprint density at radius 3 is 2.22 bits per heavy atom. The molecule has 32 heavy (non-hydrogen) atoms. The highest BCUT2D eigenvalue weighted by Crippen LogP contribution is 2.15. The molecule has 1 aromatic heterocycles. The average Bonchev–Trinajstić information content (AvgIpc) is 3.33. The Hall–Kier alpha value is -3.65. The Kier molecular flexibility index (Phi) is 7.62. The van der Waals surface area contributed by atoms with Gasteiger partial charge in [-0.25, -0.2) is 4.79 Å². The molecule has 0 fully saturated rings. The second kappa shape index (κ2) is 10.6. The quantitative estimate of drug-likeness (QED) is 0.526. The van der Waals surface area contributed by atoms with E-state index >= 15 is 0 Å². The highest BCUT2D eigenvalue weighted by Gasteiger charge is 2.14. The fraction of sp³-hybridized carbons (Fsp3) is 0.208.